The Kier molecular flexibility index (Phi) is 5.60. The van der Waals surface area contributed by atoms with Crippen LogP contribution in [0.3, 0.4) is 0 Å². The second kappa shape index (κ2) is 7.49. The summed E-state index contributed by atoms with van der Waals surface area (Å²) in [6.07, 6.45) is 0. The van der Waals surface area contributed by atoms with E-state index in [0.717, 1.165) is 5.56 Å². The molecule has 0 aliphatic rings. The molecule has 0 saturated heterocycles. The number of ketones is 1. The van der Waals surface area contributed by atoms with Gasteiger partial charge in [-0.15, -0.1) is 5.54 Å². The standard InChI is InChI=1S/C19H22N2O3Si/c1-13-7-9-14(10-8-13)17(22)16-15(11-12-25(4,5)6)20-19(24-3)21-18(16)23-2/h7-10H,1-6H3. The minimum atomic E-state index is -1.65. The first-order valence-electron chi connectivity index (χ1n) is 7.89. The molecule has 6 heteroatoms. The Hall–Kier alpha value is -2.65. The smallest absolute Gasteiger partial charge is 0.320 e. The van der Waals surface area contributed by atoms with Crippen molar-refractivity contribution in [3.05, 3.63) is 46.6 Å². The van der Waals surface area contributed by atoms with Crippen LogP contribution in [-0.4, -0.2) is 38.0 Å². The van der Waals surface area contributed by atoms with E-state index in [-0.39, 0.29) is 23.2 Å². The average Bonchev–Trinajstić information content (AvgIpc) is 2.58. The van der Waals surface area contributed by atoms with E-state index in [1.54, 1.807) is 12.1 Å². The first-order valence-corrected chi connectivity index (χ1v) is 11.4. The molecule has 5 nitrogen and oxygen atoms in total. The van der Waals surface area contributed by atoms with E-state index >= 15 is 0 Å². The second-order valence-electron chi connectivity index (χ2n) is 6.64. The summed E-state index contributed by atoms with van der Waals surface area (Å²) in [5.41, 5.74) is 5.44. The van der Waals surface area contributed by atoms with Crippen molar-refractivity contribution in [2.45, 2.75) is 26.6 Å². The van der Waals surface area contributed by atoms with Crippen LogP contribution in [0.1, 0.15) is 27.2 Å². The summed E-state index contributed by atoms with van der Waals surface area (Å²) < 4.78 is 10.4. The minimum Gasteiger partial charge on any atom is -0.480 e. The van der Waals surface area contributed by atoms with E-state index in [2.05, 4.69) is 41.1 Å². The third kappa shape index (κ3) is 4.67. The van der Waals surface area contributed by atoms with Crippen molar-refractivity contribution in [2.75, 3.05) is 14.2 Å². The zero-order valence-electron chi connectivity index (χ0n) is 15.4. The van der Waals surface area contributed by atoms with Crippen molar-refractivity contribution < 1.29 is 14.3 Å². The summed E-state index contributed by atoms with van der Waals surface area (Å²) in [6, 6.07) is 7.44. The van der Waals surface area contributed by atoms with E-state index in [1.807, 2.05) is 19.1 Å². The number of aryl methyl sites for hydroxylation is 1. The van der Waals surface area contributed by atoms with E-state index in [9.17, 15) is 4.79 Å². The first-order chi connectivity index (χ1) is 11.7. The zero-order valence-corrected chi connectivity index (χ0v) is 16.4. The molecule has 25 heavy (non-hydrogen) atoms. The third-order valence-corrected chi connectivity index (χ3v) is 4.20. The highest BCUT2D eigenvalue weighted by Crippen LogP contribution is 2.25. The van der Waals surface area contributed by atoms with Crippen molar-refractivity contribution in [2.24, 2.45) is 0 Å². The predicted octanol–water partition coefficient (Wildman–Crippen LogP) is 3.26. The maximum Gasteiger partial charge on any atom is 0.320 e. The molecule has 1 aromatic carbocycles. The van der Waals surface area contributed by atoms with Gasteiger partial charge in [-0.3, -0.25) is 4.79 Å². The van der Waals surface area contributed by atoms with Gasteiger partial charge in [0.1, 0.15) is 19.3 Å². The van der Waals surface area contributed by atoms with Gasteiger partial charge in [-0.05, 0) is 6.92 Å². The van der Waals surface area contributed by atoms with Crippen LogP contribution in [0.5, 0.6) is 11.9 Å². The fraction of sp³-hybridized carbons (Fsp3) is 0.316. The van der Waals surface area contributed by atoms with Gasteiger partial charge in [-0.1, -0.05) is 55.4 Å². The molecule has 2 rings (SSSR count). The van der Waals surface area contributed by atoms with Crippen molar-refractivity contribution in [1.82, 2.24) is 9.97 Å². The van der Waals surface area contributed by atoms with E-state index < -0.39 is 8.07 Å². The summed E-state index contributed by atoms with van der Waals surface area (Å²) in [5.74, 6) is 2.99. The molecule has 0 radical (unpaired) electrons. The predicted molar refractivity (Wildman–Crippen MR) is 100.0 cm³/mol. The molecule has 0 fully saturated rings. The maximum absolute atomic E-state index is 13.0. The number of aromatic nitrogens is 2. The molecule has 0 spiro atoms. The van der Waals surface area contributed by atoms with Crippen LogP contribution in [0.4, 0.5) is 0 Å². The van der Waals surface area contributed by atoms with Gasteiger partial charge in [0.05, 0.1) is 14.2 Å². The number of carbonyl (C=O) groups is 1. The normalized spacial score (nSPS) is 10.6. The number of benzene rings is 1. The Balaban J connectivity index is 2.66. The van der Waals surface area contributed by atoms with Crippen LogP contribution in [0.2, 0.25) is 19.6 Å². The Morgan fingerprint density at radius 1 is 1.04 bits per heavy atom. The molecule has 0 N–H and O–H groups in total. The fourth-order valence-corrected chi connectivity index (χ4v) is 2.54. The van der Waals surface area contributed by atoms with Crippen molar-refractivity contribution >= 4 is 13.9 Å². The van der Waals surface area contributed by atoms with E-state index in [1.165, 1.54) is 14.2 Å². The lowest BCUT2D eigenvalue weighted by Gasteiger charge is -2.11. The zero-order chi connectivity index (χ0) is 18.6. The molecule has 0 aliphatic heterocycles. The molecule has 0 amide bonds. The van der Waals surface area contributed by atoms with Crippen molar-refractivity contribution in [1.29, 1.82) is 0 Å². The second-order valence-corrected chi connectivity index (χ2v) is 11.4. The average molecular weight is 354 g/mol. The quantitative estimate of drug-likeness (QED) is 0.479. The largest absolute Gasteiger partial charge is 0.480 e. The monoisotopic (exact) mass is 354 g/mol. The van der Waals surface area contributed by atoms with Crippen LogP contribution < -0.4 is 9.47 Å². The SMILES string of the molecule is COc1nc(C#C[Si](C)(C)C)c(C(=O)c2ccc(C)cc2)c(OC)n1. The Morgan fingerprint density at radius 3 is 2.20 bits per heavy atom. The van der Waals surface area contributed by atoms with Gasteiger partial charge in [0.25, 0.3) is 0 Å². The number of rotatable bonds is 4. The summed E-state index contributed by atoms with van der Waals surface area (Å²) in [6.45, 7) is 8.33. The van der Waals surface area contributed by atoms with Crippen LogP contribution in [-0.2, 0) is 0 Å². The Morgan fingerprint density at radius 2 is 1.68 bits per heavy atom. The number of hydrogen-bond acceptors (Lipinski definition) is 5. The van der Waals surface area contributed by atoms with Gasteiger partial charge in [-0.2, -0.15) is 9.97 Å². The van der Waals surface area contributed by atoms with Crippen molar-refractivity contribution in [3.8, 4) is 23.4 Å². The van der Waals surface area contributed by atoms with Crippen molar-refractivity contribution in [3.63, 3.8) is 0 Å². The Bertz CT molecular complexity index is 844. The number of methoxy groups -OCH3 is 2. The third-order valence-electron chi connectivity index (χ3n) is 3.33. The summed E-state index contributed by atoms with van der Waals surface area (Å²) in [5, 5.41) is 0. The molecule has 1 aromatic heterocycles. The van der Waals surface area contributed by atoms with Gasteiger partial charge >= 0.3 is 6.01 Å². The fourth-order valence-electron chi connectivity index (χ4n) is 2.05. The molecule has 2 aromatic rings. The molecule has 130 valence electrons. The number of hydrogen-bond donors (Lipinski definition) is 0. The van der Waals surface area contributed by atoms with Gasteiger partial charge in [-0.25, -0.2) is 0 Å². The van der Waals surface area contributed by atoms with Crippen LogP contribution in [0.15, 0.2) is 24.3 Å². The molecule has 0 bridgehead atoms. The van der Waals surface area contributed by atoms with E-state index in [0.29, 0.717) is 11.3 Å². The van der Waals surface area contributed by atoms with E-state index in [4.69, 9.17) is 9.47 Å². The highest BCUT2D eigenvalue weighted by Gasteiger charge is 2.23. The Labute approximate surface area is 149 Å². The molecule has 0 aliphatic carbocycles. The lowest BCUT2D eigenvalue weighted by atomic mass is 10.0. The van der Waals surface area contributed by atoms with Gasteiger partial charge in [0.15, 0.2) is 0 Å². The number of carbonyl (C=O) groups excluding carboxylic acids is 1. The summed E-state index contributed by atoms with van der Waals surface area (Å²) in [4.78, 5) is 21.5. The number of nitrogens with zero attached hydrogens (tertiary/aromatic N) is 2. The topological polar surface area (TPSA) is 61.3 Å². The van der Waals surface area contributed by atoms with Crippen LogP contribution >= 0.6 is 0 Å². The lowest BCUT2D eigenvalue weighted by molar-refractivity contribution is 0.103. The first kappa shape index (κ1) is 18.7. The summed E-state index contributed by atoms with van der Waals surface area (Å²) in [7, 11) is 1.27. The van der Waals surface area contributed by atoms with Gasteiger partial charge in [0, 0.05) is 5.56 Å². The summed E-state index contributed by atoms with van der Waals surface area (Å²) >= 11 is 0. The molecule has 1 heterocycles. The highest BCUT2D eigenvalue weighted by atomic mass is 28.3. The lowest BCUT2D eigenvalue weighted by Crippen LogP contribution is -2.17. The molecular weight excluding hydrogens is 332 g/mol. The molecule has 0 unspecified atom stereocenters. The van der Waals surface area contributed by atoms with Gasteiger partial charge in [0.2, 0.25) is 11.7 Å². The molecular formula is C19H22N2O3Si. The molecule has 0 atom stereocenters. The highest BCUT2D eigenvalue weighted by molar-refractivity contribution is 6.83. The number of ether oxygens (including phenoxy) is 2. The minimum absolute atomic E-state index is 0.122. The van der Waals surface area contributed by atoms with Gasteiger partial charge < -0.3 is 9.47 Å². The maximum atomic E-state index is 13.0. The van der Waals surface area contributed by atoms with Crippen LogP contribution in [0, 0.1) is 18.4 Å². The molecule has 0 saturated carbocycles. The van der Waals surface area contributed by atoms with Crippen LogP contribution in [0.25, 0.3) is 0 Å².